The average Bonchev–Trinajstić information content (AvgIpc) is 2.85. The van der Waals surface area contributed by atoms with Gasteiger partial charge in [-0.3, -0.25) is 4.79 Å². The number of amides is 1. The van der Waals surface area contributed by atoms with Crippen LogP contribution in [-0.2, 0) is 0 Å². The van der Waals surface area contributed by atoms with Crippen molar-refractivity contribution in [3.8, 4) is 11.8 Å². The van der Waals surface area contributed by atoms with Crippen LogP contribution in [0.1, 0.15) is 15.9 Å². The second-order valence-electron chi connectivity index (χ2n) is 7.27. The summed E-state index contributed by atoms with van der Waals surface area (Å²) in [5.41, 5.74) is 2.81. The lowest BCUT2D eigenvalue weighted by Crippen LogP contribution is -2.46. The largest absolute Gasteiger partial charge is 0.463 e. The lowest BCUT2D eigenvalue weighted by atomic mass is 10.2. The van der Waals surface area contributed by atoms with E-state index in [4.69, 9.17) is 10.00 Å². The zero-order chi connectivity index (χ0) is 22.3. The van der Waals surface area contributed by atoms with E-state index < -0.39 is 6.86 Å². The van der Waals surface area contributed by atoms with Crippen LogP contribution in [0.2, 0.25) is 0 Å². The highest BCUT2D eigenvalue weighted by atomic mass is 19.1. The summed E-state index contributed by atoms with van der Waals surface area (Å²) < 4.78 is 16.9. The molecular formula is C24H22FN5O2. The van der Waals surface area contributed by atoms with E-state index in [9.17, 15) is 9.18 Å². The van der Waals surface area contributed by atoms with Crippen LogP contribution in [0.25, 0.3) is 0 Å². The molecule has 1 saturated heterocycles. The van der Waals surface area contributed by atoms with Crippen LogP contribution in [0.4, 0.5) is 21.6 Å². The number of carbonyl (C=O) groups is 1. The molecule has 1 aromatic heterocycles. The van der Waals surface area contributed by atoms with E-state index >= 15 is 0 Å². The number of carbonyl (C=O) groups excluding carboxylic acids is 1. The Morgan fingerprint density at radius 2 is 1.69 bits per heavy atom. The van der Waals surface area contributed by atoms with Crippen molar-refractivity contribution in [1.82, 2.24) is 4.98 Å². The van der Waals surface area contributed by atoms with Crippen molar-refractivity contribution in [3.63, 3.8) is 0 Å². The summed E-state index contributed by atoms with van der Waals surface area (Å²) in [6.45, 7) is 2.46. The fraction of sp³-hybridized carbons (Fsp3) is 0.208. The zero-order valence-electron chi connectivity index (χ0n) is 17.4. The number of halogens is 1. The summed E-state index contributed by atoms with van der Waals surface area (Å²) >= 11 is 0. The summed E-state index contributed by atoms with van der Waals surface area (Å²) in [7, 11) is 0. The number of ether oxygens (including phenoxy) is 1. The van der Waals surface area contributed by atoms with Crippen LogP contribution in [0, 0.1) is 11.3 Å². The smallest absolute Gasteiger partial charge is 0.255 e. The number of nitriles is 1. The number of hydrogen-bond acceptors (Lipinski definition) is 6. The van der Waals surface area contributed by atoms with Gasteiger partial charge in [-0.2, -0.15) is 5.26 Å². The number of pyridine rings is 1. The predicted molar refractivity (Wildman–Crippen MR) is 121 cm³/mol. The number of nitrogens with one attached hydrogen (secondary N) is 1. The lowest BCUT2D eigenvalue weighted by molar-refractivity contribution is 0.102. The van der Waals surface area contributed by atoms with Crippen LogP contribution >= 0.6 is 0 Å². The van der Waals surface area contributed by atoms with Crippen LogP contribution in [-0.4, -0.2) is 43.9 Å². The molecule has 0 spiro atoms. The lowest BCUT2D eigenvalue weighted by Gasteiger charge is -2.36. The summed E-state index contributed by atoms with van der Waals surface area (Å²) in [4.78, 5) is 21.3. The highest BCUT2D eigenvalue weighted by molar-refractivity contribution is 6.04. The van der Waals surface area contributed by atoms with Gasteiger partial charge in [0.1, 0.15) is 17.6 Å². The first-order valence-corrected chi connectivity index (χ1v) is 10.2. The number of nitrogens with zero attached hydrogens (tertiary/aromatic N) is 4. The third-order valence-electron chi connectivity index (χ3n) is 5.31. The maximum Gasteiger partial charge on any atom is 0.255 e. The van der Waals surface area contributed by atoms with Gasteiger partial charge in [0.25, 0.3) is 5.91 Å². The van der Waals surface area contributed by atoms with Crippen molar-refractivity contribution < 1.29 is 13.9 Å². The molecule has 2 heterocycles. The second-order valence-corrected chi connectivity index (χ2v) is 7.27. The van der Waals surface area contributed by atoms with Crippen LogP contribution < -0.4 is 19.9 Å². The number of benzene rings is 2. The minimum Gasteiger partial charge on any atom is -0.463 e. The molecule has 3 aromatic rings. The molecule has 0 radical (unpaired) electrons. The van der Waals surface area contributed by atoms with Crippen molar-refractivity contribution in [1.29, 1.82) is 5.26 Å². The van der Waals surface area contributed by atoms with Crippen molar-refractivity contribution in [3.05, 3.63) is 78.0 Å². The monoisotopic (exact) mass is 431 g/mol. The van der Waals surface area contributed by atoms with Crippen LogP contribution in [0.15, 0.2) is 66.9 Å². The molecule has 0 atom stereocenters. The van der Waals surface area contributed by atoms with Gasteiger partial charge in [0.15, 0.2) is 0 Å². The molecule has 0 aliphatic carbocycles. The standard InChI is InChI=1S/C24H22FN5O2/c25-17-32-22-8-2-19(3-9-22)24(31)28-20-4-6-21(7-5-20)29-11-13-30(14-12-29)23-10-1-18(15-26)16-27-23/h1-10,16H,11-14,17H2,(H,28,31). The molecule has 1 fully saturated rings. The van der Waals surface area contributed by atoms with E-state index in [-0.39, 0.29) is 5.91 Å². The van der Waals surface area contributed by atoms with E-state index in [2.05, 4.69) is 26.2 Å². The Morgan fingerprint density at radius 1 is 1.00 bits per heavy atom. The maximum atomic E-state index is 12.4. The third-order valence-corrected chi connectivity index (χ3v) is 5.31. The highest BCUT2D eigenvalue weighted by Gasteiger charge is 2.18. The highest BCUT2D eigenvalue weighted by Crippen LogP contribution is 2.22. The van der Waals surface area contributed by atoms with E-state index in [1.54, 1.807) is 36.5 Å². The minimum absolute atomic E-state index is 0.243. The molecule has 7 nitrogen and oxygen atoms in total. The van der Waals surface area contributed by atoms with E-state index in [1.807, 2.05) is 30.3 Å². The topological polar surface area (TPSA) is 81.5 Å². The van der Waals surface area contributed by atoms with Gasteiger partial charge in [-0.05, 0) is 60.7 Å². The van der Waals surface area contributed by atoms with Crippen LogP contribution in [0.3, 0.4) is 0 Å². The Labute approximate surface area is 185 Å². The molecule has 162 valence electrons. The van der Waals surface area contributed by atoms with Crippen LogP contribution in [0.5, 0.6) is 5.75 Å². The SMILES string of the molecule is N#Cc1ccc(N2CCN(c3ccc(NC(=O)c4ccc(OCF)cc4)cc3)CC2)nc1. The van der Waals surface area contributed by atoms with Crippen molar-refractivity contribution in [2.24, 2.45) is 0 Å². The molecule has 0 unspecified atom stereocenters. The molecule has 1 aliphatic rings. The summed E-state index contributed by atoms with van der Waals surface area (Å²) in [6.07, 6.45) is 1.60. The van der Waals surface area contributed by atoms with Gasteiger partial charge in [0.2, 0.25) is 6.86 Å². The van der Waals surface area contributed by atoms with Crippen molar-refractivity contribution in [2.45, 2.75) is 0 Å². The summed E-state index contributed by atoms with van der Waals surface area (Å²) in [5, 5.41) is 11.8. The second kappa shape index (κ2) is 9.79. The Hall–Kier alpha value is -4.12. The Bertz CT molecular complexity index is 1090. The van der Waals surface area contributed by atoms with Crippen molar-refractivity contribution >= 4 is 23.1 Å². The third kappa shape index (κ3) is 4.95. The molecule has 2 aromatic carbocycles. The number of aromatic nitrogens is 1. The van der Waals surface area contributed by atoms with Gasteiger partial charge < -0.3 is 19.9 Å². The Morgan fingerprint density at radius 3 is 2.28 bits per heavy atom. The molecule has 8 heteroatoms. The minimum atomic E-state index is -0.904. The number of piperazine rings is 1. The Kier molecular flexibility index (Phi) is 6.46. The first-order valence-electron chi connectivity index (χ1n) is 10.2. The predicted octanol–water partition coefficient (Wildman–Crippen LogP) is 3.84. The normalized spacial score (nSPS) is 13.4. The number of anilines is 3. The number of rotatable bonds is 6. The Balaban J connectivity index is 1.31. The van der Waals surface area contributed by atoms with E-state index in [1.165, 1.54) is 0 Å². The van der Waals surface area contributed by atoms with Gasteiger partial charge in [0, 0.05) is 49.3 Å². The van der Waals surface area contributed by atoms with E-state index in [0.29, 0.717) is 22.6 Å². The zero-order valence-corrected chi connectivity index (χ0v) is 17.4. The van der Waals surface area contributed by atoms with Gasteiger partial charge in [-0.1, -0.05) is 0 Å². The first kappa shape index (κ1) is 21.1. The molecular weight excluding hydrogens is 409 g/mol. The van der Waals surface area contributed by atoms with Gasteiger partial charge >= 0.3 is 0 Å². The summed E-state index contributed by atoms with van der Waals surface area (Å²) in [5.74, 6) is 1.02. The quantitative estimate of drug-likeness (QED) is 0.639. The average molecular weight is 431 g/mol. The first-order chi connectivity index (χ1) is 15.7. The molecule has 1 N–H and O–H groups in total. The fourth-order valence-electron chi connectivity index (χ4n) is 3.56. The molecule has 1 aliphatic heterocycles. The number of alkyl halides is 1. The maximum absolute atomic E-state index is 12.4. The molecule has 1 amide bonds. The molecule has 32 heavy (non-hydrogen) atoms. The van der Waals surface area contributed by atoms with E-state index in [0.717, 1.165) is 37.7 Å². The van der Waals surface area contributed by atoms with Gasteiger partial charge in [0.05, 0.1) is 5.56 Å². The molecule has 0 saturated carbocycles. The van der Waals surface area contributed by atoms with Crippen molar-refractivity contribution in [2.75, 3.05) is 48.2 Å². The molecule has 4 rings (SSSR count). The number of hydrogen-bond donors (Lipinski definition) is 1. The molecule has 0 bridgehead atoms. The summed E-state index contributed by atoms with van der Waals surface area (Å²) in [6, 6.07) is 19.8. The fourth-order valence-corrected chi connectivity index (χ4v) is 3.56. The van der Waals surface area contributed by atoms with Gasteiger partial charge in [-0.25, -0.2) is 9.37 Å². The van der Waals surface area contributed by atoms with Gasteiger partial charge in [-0.15, -0.1) is 0 Å².